The van der Waals surface area contributed by atoms with Gasteiger partial charge in [0.05, 0.1) is 12.1 Å². The number of fused-ring (bicyclic) bond motifs is 1. The molecule has 0 saturated heterocycles. The molecule has 0 aliphatic heterocycles. The molecule has 2 aromatic heterocycles. The number of hydrogen-bond donors (Lipinski definition) is 4. The maximum Gasteiger partial charge on any atom is 0.140 e. The highest BCUT2D eigenvalue weighted by molar-refractivity contribution is 6.30. The van der Waals surface area contributed by atoms with Crippen molar-refractivity contribution in [3.05, 3.63) is 58.9 Å². The zero-order valence-corrected chi connectivity index (χ0v) is 16.7. The predicted molar refractivity (Wildman–Crippen MR) is 110 cm³/mol. The fraction of sp³-hybridized carbons (Fsp3) is 0.381. The Balaban J connectivity index is 1.62. The van der Waals surface area contributed by atoms with Gasteiger partial charge < -0.3 is 30.4 Å². The van der Waals surface area contributed by atoms with Crippen LogP contribution in [0.1, 0.15) is 29.7 Å². The summed E-state index contributed by atoms with van der Waals surface area (Å²) in [6, 6.07) is 8.38. The molecule has 5 atom stereocenters. The first kappa shape index (κ1) is 20.1. The molecule has 0 amide bonds. The topological polar surface area (TPSA) is 114 Å². The minimum atomic E-state index is -1.10. The van der Waals surface area contributed by atoms with E-state index in [4.69, 9.17) is 22.1 Å². The zero-order chi connectivity index (χ0) is 20.7. The van der Waals surface area contributed by atoms with Crippen LogP contribution in [-0.2, 0) is 0 Å². The van der Waals surface area contributed by atoms with Crippen LogP contribution in [-0.4, -0.2) is 49.7 Å². The highest BCUT2D eigenvalue weighted by Crippen LogP contribution is 2.38. The smallest absolute Gasteiger partial charge is 0.140 e. The Hall–Kier alpha value is -2.16. The molecular weight excluding hydrogens is 394 g/mol. The van der Waals surface area contributed by atoms with Gasteiger partial charge >= 0.3 is 0 Å². The van der Waals surface area contributed by atoms with E-state index in [0.717, 1.165) is 16.6 Å². The molecule has 1 aliphatic carbocycles. The summed E-state index contributed by atoms with van der Waals surface area (Å²) in [6.07, 6.45) is 0.260. The lowest BCUT2D eigenvalue weighted by atomic mass is 10.1. The van der Waals surface area contributed by atoms with Gasteiger partial charge in [0.2, 0.25) is 0 Å². The third-order valence-electron chi connectivity index (χ3n) is 5.62. The first-order chi connectivity index (χ1) is 13.9. The summed E-state index contributed by atoms with van der Waals surface area (Å²) in [7, 11) is 0. The summed E-state index contributed by atoms with van der Waals surface area (Å²) in [5.74, 6) is 0.385. The minimum Gasteiger partial charge on any atom is -0.487 e. The Labute approximate surface area is 173 Å². The normalized spacial score (nSPS) is 25.4. The van der Waals surface area contributed by atoms with Gasteiger partial charge in [-0.1, -0.05) is 11.6 Å². The highest BCUT2D eigenvalue weighted by atomic mass is 35.5. The SMILES string of the molecule is Cc1ccnc2c1ccn2C1CC(Oc2ccc(Cl)cc2C(O)CN)[C@@H](O)[C@H]1O. The number of pyridine rings is 1. The monoisotopic (exact) mass is 417 g/mol. The van der Waals surface area contributed by atoms with Crippen LogP contribution < -0.4 is 10.5 Å². The third-order valence-corrected chi connectivity index (χ3v) is 5.86. The zero-order valence-electron chi connectivity index (χ0n) is 15.9. The molecule has 8 heteroatoms. The van der Waals surface area contributed by atoms with E-state index in [2.05, 4.69) is 4.98 Å². The number of benzene rings is 1. The molecule has 5 N–H and O–H groups in total. The number of halogens is 1. The predicted octanol–water partition coefficient (Wildman–Crippen LogP) is 2.10. The third kappa shape index (κ3) is 3.60. The Kier molecular flexibility index (Phi) is 5.50. The fourth-order valence-electron chi connectivity index (χ4n) is 4.00. The second kappa shape index (κ2) is 7.93. The summed E-state index contributed by atoms with van der Waals surface area (Å²) in [5.41, 5.74) is 7.89. The van der Waals surface area contributed by atoms with Gasteiger partial charge in [-0.05, 0) is 42.8 Å². The van der Waals surface area contributed by atoms with E-state index in [-0.39, 0.29) is 6.54 Å². The van der Waals surface area contributed by atoms with E-state index in [1.807, 2.05) is 29.8 Å². The van der Waals surface area contributed by atoms with E-state index < -0.39 is 30.5 Å². The van der Waals surface area contributed by atoms with E-state index in [1.165, 1.54) is 0 Å². The van der Waals surface area contributed by atoms with Crippen molar-refractivity contribution in [3.63, 3.8) is 0 Å². The number of rotatable bonds is 5. The number of hydrogen-bond acceptors (Lipinski definition) is 6. The standard InChI is InChI=1S/C21H24ClN3O4/c1-11-4-6-24-21-13(11)5-7-25(21)15-9-18(20(28)19(15)27)29-17-3-2-12(22)8-14(17)16(26)10-23/h2-8,15-16,18-20,26-28H,9-10,23H2,1H3/t15?,16?,18?,19-,20+/m0/s1. The van der Waals surface area contributed by atoms with Crippen LogP contribution in [0.4, 0.5) is 0 Å². The Morgan fingerprint density at radius 2 is 2.07 bits per heavy atom. The second-order valence-corrected chi connectivity index (χ2v) is 7.90. The van der Waals surface area contributed by atoms with Gasteiger partial charge in [0.1, 0.15) is 29.7 Å². The molecule has 7 nitrogen and oxygen atoms in total. The van der Waals surface area contributed by atoms with Gasteiger partial charge in [-0.3, -0.25) is 0 Å². The lowest BCUT2D eigenvalue weighted by molar-refractivity contribution is -0.0170. The molecule has 1 aromatic carbocycles. The van der Waals surface area contributed by atoms with Crippen LogP contribution in [0.25, 0.3) is 11.0 Å². The van der Waals surface area contributed by atoms with Crippen molar-refractivity contribution in [2.75, 3.05) is 6.54 Å². The fourth-order valence-corrected chi connectivity index (χ4v) is 4.18. The molecule has 1 fully saturated rings. The number of aromatic nitrogens is 2. The number of aliphatic hydroxyl groups is 3. The Morgan fingerprint density at radius 1 is 1.28 bits per heavy atom. The van der Waals surface area contributed by atoms with E-state index in [0.29, 0.717) is 22.8 Å². The van der Waals surface area contributed by atoms with E-state index in [1.54, 1.807) is 24.4 Å². The van der Waals surface area contributed by atoms with Crippen LogP contribution in [0.2, 0.25) is 5.02 Å². The van der Waals surface area contributed by atoms with E-state index >= 15 is 0 Å². The van der Waals surface area contributed by atoms with Crippen molar-refractivity contribution in [1.82, 2.24) is 9.55 Å². The molecule has 3 unspecified atom stereocenters. The van der Waals surface area contributed by atoms with Crippen molar-refractivity contribution >= 4 is 22.6 Å². The Morgan fingerprint density at radius 3 is 2.83 bits per heavy atom. The molecule has 154 valence electrons. The number of nitrogens with two attached hydrogens (primary N) is 1. The molecule has 0 radical (unpaired) electrons. The number of nitrogens with zero attached hydrogens (tertiary/aromatic N) is 2. The summed E-state index contributed by atoms with van der Waals surface area (Å²) in [5, 5.41) is 33.0. The van der Waals surface area contributed by atoms with Crippen molar-refractivity contribution in [1.29, 1.82) is 0 Å². The van der Waals surface area contributed by atoms with Crippen molar-refractivity contribution in [3.8, 4) is 5.75 Å². The second-order valence-electron chi connectivity index (χ2n) is 7.46. The van der Waals surface area contributed by atoms with Crippen molar-refractivity contribution in [2.45, 2.75) is 43.8 Å². The van der Waals surface area contributed by atoms with Gasteiger partial charge in [-0.2, -0.15) is 0 Å². The molecular formula is C21H24ClN3O4. The largest absolute Gasteiger partial charge is 0.487 e. The van der Waals surface area contributed by atoms with Gasteiger partial charge in [-0.25, -0.2) is 4.98 Å². The van der Waals surface area contributed by atoms with E-state index in [9.17, 15) is 15.3 Å². The number of aliphatic hydroxyl groups excluding tert-OH is 3. The first-order valence-corrected chi connectivity index (χ1v) is 9.91. The molecule has 0 spiro atoms. The average molecular weight is 418 g/mol. The minimum absolute atomic E-state index is 0.00947. The maximum absolute atomic E-state index is 10.7. The van der Waals surface area contributed by atoms with Crippen LogP contribution in [0.5, 0.6) is 5.75 Å². The number of ether oxygens (including phenoxy) is 1. The summed E-state index contributed by atoms with van der Waals surface area (Å²) in [4.78, 5) is 4.44. The lowest BCUT2D eigenvalue weighted by Crippen LogP contribution is -2.34. The molecule has 1 saturated carbocycles. The van der Waals surface area contributed by atoms with Gasteiger partial charge in [0.25, 0.3) is 0 Å². The van der Waals surface area contributed by atoms with Gasteiger partial charge in [0.15, 0.2) is 0 Å². The molecule has 1 aliphatic rings. The summed E-state index contributed by atoms with van der Waals surface area (Å²) >= 11 is 6.04. The quantitative estimate of drug-likeness (QED) is 0.505. The highest BCUT2D eigenvalue weighted by Gasteiger charge is 2.44. The van der Waals surface area contributed by atoms with Crippen molar-refractivity contribution < 1.29 is 20.1 Å². The first-order valence-electron chi connectivity index (χ1n) is 9.53. The summed E-state index contributed by atoms with van der Waals surface area (Å²) < 4.78 is 7.90. The van der Waals surface area contributed by atoms with Gasteiger partial charge in [-0.15, -0.1) is 0 Å². The molecule has 0 bridgehead atoms. The average Bonchev–Trinajstić information content (AvgIpc) is 3.26. The van der Waals surface area contributed by atoms with Crippen LogP contribution in [0, 0.1) is 6.92 Å². The lowest BCUT2D eigenvalue weighted by Gasteiger charge is -2.21. The molecule has 4 rings (SSSR count). The number of aryl methyl sites for hydroxylation is 1. The Bertz CT molecular complexity index is 1020. The van der Waals surface area contributed by atoms with Crippen LogP contribution >= 0.6 is 11.6 Å². The summed E-state index contributed by atoms with van der Waals surface area (Å²) in [6.45, 7) is 2.01. The van der Waals surface area contributed by atoms with Crippen LogP contribution in [0.3, 0.4) is 0 Å². The maximum atomic E-state index is 10.7. The van der Waals surface area contributed by atoms with Crippen molar-refractivity contribution in [2.24, 2.45) is 5.73 Å². The molecule has 2 heterocycles. The van der Waals surface area contributed by atoms with Crippen LogP contribution in [0.15, 0.2) is 42.7 Å². The molecule has 3 aromatic rings. The molecule has 29 heavy (non-hydrogen) atoms. The van der Waals surface area contributed by atoms with Gasteiger partial charge in [0, 0.05) is 41.3 Å².